The summed E-state index contributed by atoms with van der Waals surface area (Å²) >= 11 is 0. The van der Waals surface area contributed by atoms with Crippen molar-refractivity contribution < 1.29 is 18.6 Å². The second-order valence-electron chi connectivity index (χ2n) is 4.25. The third kappa shape index (κ3) is 3.29. The molecule has 2 rings (SSSR count). The van der Waals surface area contributed by atoms with Gasteiger partial charge in [-0.3, -0.25) is 0 Å². The first-order valence-electron chi connectivity index (χ1n) is 5.91. The molecule has 19 heavy (non-hydrogen) atoms. The molecule has 0 saturated heterocycles. The molecule has 0 unspecified atom stereocenters. The molecule has 1 atom stereocenters. The number of rotatable bonds is 4. The van der Waals surface area contributed by atoms with Gasteiger partial charge in [0.05, 0.1) is 6.10 Å². The Morgan fingerprint density at radius 1 is 1.16 bits per heavy atom. The van der Waals surface area contributed by atoms with Crippen molar-refractivity contribution in [2.24, 2.45) is 0 Å². The molecule has 0 heterocycles. The standard InChI is InChI=1S/C15H14F2O2/c1-10(18)11-4-2-6-13(8-11)19-9-12-5-3-7-14(16)15(12)17/h2-8,10,18H,9H2,1H3/t10-/m0/s1. The van der Waals surface area contributed by atoms with E-state index >= 15 is 0 Å². The van der Waals surface area contributed by atoms with Gasteiger partial charge in [-0.05, 0) is 30.7 Å². The molecule has 2 aromatic carbocycles. The highest BCUT2D eigenvalue weighted by Gasteiger charge is 2.08. The van der Waals surface area contributed by atoms with Crippen LogP contribution in [0, 0.1) is 11.6 Å². The third-order valence-corrected chi connectivity index (χ3v) is 2.77. The van der Waals surface area contributed by atoms with Gasteiger partial charge >= 0.3 is 0 Å². The van der Waals surface area contributed by atoms with Crippen LogP contribution in [0.15, 0.2) is 42.5 Å². The normalized spacial score (nSPS) is 12.2. The first kappa shape index (κ1) is 13.5. The topological polar surface area (TPSA) is 29.5 Å². The van der Waals surface area contributed by atoms with E-state index in [-0.39, 0.29) is 12.2 Å². The van der Waals surface area contributed by atoms with Gasteiger partial charge in [0.1, 0.15) is 12.4 Å². The minimum absolute atomic E-state index is 0.0626. The van der Waals surface area contributed by atoms with E-state index in [9.17, 15) is 13.9 Å². The molecule has 0 amide bonds. The molecule has 0 spiro atoms. The van der Waals surface area contributed by atoms with E-state index in [4.69, 9.17) is 4.74 Å². The highest BCUT2D eigenvalue weighted by Crippen LogP contribution is 2.20. The maximum atomic E-state index is 13.4. The van der Waals surface area contributed by atoms with E-state index in [0.717, 1.165) is 6.07 Å². The summed E-state index contributed by atoms with van der Waals surface area (Å²) in [4.78, 5) is 0. The minimum atomic E-state index is -0.894. The molecule has 100 valence electrons. The zero-order valence-electron chi connectivity index (χ0n) is 10.4. The smallest absolute Gasteiger partial charge is 0.165 e. The minimum Gasteiger partial charge on any atom is -0.489 e. The number of ether oxygens (including phenoxy) is 1. The summed E-state index contributed by atoms with van der Waals surface area (Å²) < 4.78 is 31.8. The lowest BCUT2D eigenvalue weighted by molar-refractivity contribution is 0.198. The first-order valence-corrected chi connectivity index (χ1v) is 5.91. The van der Waals surface area contributed by atoms with E-state index in [1.807, 2.05) is 0 Å². The summed E-state index contributed by atoms with van der Waals surface area (Å²) in [5.41, 5.74) is 0.861. The summed E-state index contributed by atoms with van der Waals surface area (Å²) in [6.45, 7) is 1.58. The van der Waals surface area contributed by atoms with Crippen LogP contribution in [0.2, 0.25) is 0 Å². The number of aliphatic hydroxyl groups is 1. The predicted molar refractivity (Wildman–Crippen MR) is 67.8 cm³/mol. The Morgan fingerprint density at radius 3 is 2.63 bits per heavy atom. The average molecular weight is 264 g/mol. The SMILES string of the molecule is C[C@H](O)c1cccc(OCc2cccc(F)c2F)c1. The van der Waals surface area contributed by atoms with Crippen LogP contribution in [0.4, 0.5) is 8.78 Å². The van der Waals surface area contributed by atoms with Crippen LogP contribution in [-0.2, 0) is 6.61 Å². The van der Waals surface area contributed by atoms with Crippen molar-refractivity contribution in [2.75, 3.05) is 0 Å². The highest BCUT2D eigenvalue weighted by molar-refractivity contribution is 5.30. The van der Waals surface area contributed by atoms with Crippen LogP contribution in [0.25, 0.3) is 0 Å². The third-order valence-electron chi connectivity index (χ3n) is 2.77. The Bertz CT molecular complexity index is 568. The zero-order valence-corrected chi connectivity index (χ0v) is 10.4. The van der Waals surface area contributed by atoms with Crippen molar-refractivity contribution >= 4 is 0 Å². The molecule has 0 bridgehead atoms. The number of hydrogen-bond acceptors (Lipinski definition) is 2. The lowest BCUT2D eigenvalue weighted by Crippen LogP contribution is -2.01. The molecule has 0 aliphatic carbocycles. The summed E-state index contributed by atoms with van der Waals surface area (Å²) in [5.74, 6) is -1.28. The van der Waals surface area contributed by atoms with Gasteiger partial charge in [-0.1, -0.05) is 24.3 Å². The van der Waals surface area contributed by atoms with Gasteiger partial charge < -0.3 is 9.84 Å². The summed E-state index contributed by atoms with van der Waals surface area (Å²) in [6.07, 6.45) is -0.602. The van der Waals surface area contributed by atoms with Crippen LogP contribution in [0.5, 0.6) is 5.75 Å². The number of halogens is 2. The maximum absolute atomic E-state index is 13.4. The van der Waals surface area contributed by atoms with Crippen LogP contribution >= 0.6 is 0 Å². The molecule has 1 N–H and O–H groups in total. The lowest BCUT2D eigenvalue weighted by Gasteiger charge is -2.10. The fourth-order valence-electron chi connectivity index (χ4n) is 1.69. The average Bonchev–Trinajstić information content (AvgIpc) is 2.41. The molecule has 0 aliphatic rings. The lowest BCUT2D eigenvalue weighted by atomic mass is 10.1. The fraction of sp³-hybridized carbons (Fsp3) is 0.200. The molecule has 2 aromatic rings. The van der Waals surface area contributed by atoms with Gasteiger partial charge in [0.15, 0.2) is 11.6 Å². The molecule has 4 heteroatoms. The Morgan fingerprint density at radius 2 is 1.89 bits per heavy atom. The largest absolute Gasteiger partial charge is 0.489 e. The molecular weight excluding hydrogens is 250 g/mol. The molecule has 0 aliphatic heterocycles. The second-order valence-corrected chi connectivity index (χ2v) is 4.25. The summed E-state index contributed by atoms with van der Waals surface area (Å²) in [7, 11) is 0. The van der Waals surface area contributed by atoms with Crippen molar-refractivity contribution in [1.82, 2.24) is 0 Å². The number of hydrogen-bond donors (Lipinski definition) is 1. The van der Waals surface area contributed by atoms with Crippen LogP contribution in [0.3, 0.4) is 0 Å². The van der Waals surface area contributed by atoms with E-state index in [1.165, 1.54) is 12.1 Å². The Kier molecular flexibility index (Phi) is 4.12. The first-order chi connectivity index (χ1) is 9.08. The van der Waals surface area contributed by atoms with Gasteiger partial charge in [-0.15, -0.1) is 0 Å². The molecule has 0 aromatic heterocycles. The Balaban J connectivity index is 2.10. The second kappa shape index (κ2) is 5.80. The van der Waals surface area contributed by atoms with E-state index in [1.54, 1.807) is 31.2 Å². The van der Waals surface area contributed by atoms with E-state index < -0.39 is 17.7 Å². The van der Waals surface area contributed by atoms with Crippen LogP contribution in [-0.4, -0.2) is 5.11 Å². The maximum Gasteiger partial charge on any atom is 0.165 e. The van der Waals surface area contributed by atoms with Gasteiger partial charge in [0, 0.05) is 5.56 Å². The van der Waals surface area contributed by atoms with Crippen molar-refractivity contribution in [1.29, 1.82) is 0 Å². The highest BCUT2D eigenvalue weighted by atomic mass is 19.2. The van der Waals surface area contributed by atoms with Crippen molar-refractivity contribution in [3.05, 3.63) is 65.2 Å². The molecule has 0 fully saturated rings. The quantitative estimate of drug-likeness (QED) is 0.914. The van der Waals surface area contributed by atoms with Crippen LogP contribution in [0.1, 0.15) is 24.2 Å². The summed E-state index contributed by atoms with van der Waals surface area (Å²) in [6, 6.07) is 10.8. The van der Waals surface area contributed by atoms with E-state index in [0.29, 0.717) is 11.3 Å². The predicted octanol–water partition coefficient (Wildman–Crippen LogP) is 3.60. The van der Waals surface area contributed by atoms with Gasteiger partial charge in [0.2, 0.25) is 0 Å². The van der Waals surface area contributed by atoms with Crippen molar-refractivity contribution in [3.63, 3.8) is 0 Å². The Hall–Kier alpha value is -1.94. The molecular formula is C15H14F2O2. The van der Waals surface area contributed by atoms with Gasteiger partial charge in [-0.2, -0.15) is 0 Å². The number of aliphatic hydroxyl groups excluding tert-OH is 1. The molecule has 2 nitrogen and oxygen atoms in total. The van der Waals surface area contributed by atoms with E-state index in [2.05, 4.69) is 0 Å². The van der Waals surface area contributed by atoms with Gasteiger partial charge in [0.25, 0.3) is 0 Å². The molecule has 0 saturated carbocycles. The molecule has 0 radical (unpaired) electrons. The van der Waals surface area contributed by atoms with Gasteiger partial charge in [-0.25, -0.2) is 8.78 Å². The van der Waals surface area contributed by atoms with Crippen LogP contribution < -0.4 is 4.74 Å². The number of benzene rings is 2. The Labute approximate surface area is 110 Å². The van der Waals surface area contributed by atoms with Crippen molar-refractivity contribution in [2.45, 2.75) is 19.6 Å². The monoisotopic (exact) mass is 264 g/mol. The summed E-state index contributed by atoms with van der Waals surface area (Å²) in [5, 5.41) is 9.45. The zero-order chi connectivity index (χ0) is 13.8. The fourth-order valence-corrected chi connectivity index (χ4v) is 1.69. The van der Waals surface area contributed by atoms with Crippen molar-refractivity contribution in [3.8, 4) is 5.75 Å².